The molecule has 30 heavy (non-hydrogen) atoms. The van der Waals surface area contributed by atoms with Gasteiger partial charge in [0.1, 0.15) is 0 Å². The van der Waals surface area contributed by atoms with E-state index in [1.807, 2.05) is 24.4 Å². The van der Waals surface area contributed by atoms with E-state index in [0.717, 1.165) is 30.4 Å². The van der Waals surface area contributed by atoms with E-state index in [9.17, 15) is 4.79 Å². The number of fused-ring (bicyclic) bond motifs is 1. The van der Waals surface area contributed by atoms with Gasteiger partial charge in [-0.3, -0.25) is 14.8 Å². The Morgan fingerprint density at radius 2 is 1.93 bits per heavy atom. The molecule has 5 heteroatoms. The molecular weight excluding hydrogens is 372 g/mol. The topological polar surface area (TPSA) is 61.0 Å². The average molecular weight is 405 g/mol. The summed E-state index contributed by atoms with van der Waals surface area (Å²) in [6, 6.07) is 17.1. The molecular formula is C25H32N4O. The Hall–Kier alpha value is -2.66. The molecule has 1 amide bonds. The summed E-state index contributed by atoms with van der Waals surface area (Å²) in [5.41, 5.74) is 3.58. The zero-order chi connectivity index (χ0) is 20.8. The molecule has 5 nitrogen and oxygen atoms in total. The predicted octanol–water partition coefficient (Wildman–Crippen LogP) is 4.27. The molecule has 0 radical (unpaired) electrons. The predicted molar refractivity (Wildman–Crippen MR) is 121 cm³/mol. The number of benzene rings is 2. The van der Waals surface area contributed by atoms with Crippen LogP contribution >= 0.6 is 0 Å². The Bertz CT molecular complexity index is 946. The fourth-order valence-corrected chi connectivity index (χ4v) is 4.49. The van der Waals surface area contributed by atoms with Crippen LogP contribution in [0.25, 0.3) is 10.9 Å². The lowest BCUT2D eigenvalue weighted by molar-refractivity contribution is -0.121. The molecule has 0 aliphatic carbocycles. The normalized spacial score (nSPS) is 17.0. The summed E-state index contributed by atoms with van der Waals surface area (Å²) in [5, 5.41) is 11.5. The highest BCUT2D eigenvalue weighted by Crippen LogP contribution is 2.20. The highest BCUT2D eigenvalue weighted by molar-refractivity contribution is 5.78. The first-order chi connectivity index (χ1) is 14.7. The van der Waals surface area contributed by atoms with E-state index in [-0.39, 0.29) is 11.8 Å². The van der Waals surface area contributed by atoms with Crippen molar-refractivity contribution >= 4 is 16.8 Å². The number of rotatable bonds is 8. The number of carbonyl (C=O) groups excluding carboxylic acids is 1. The van der Waals surface area contributed by atoms with E-state index in [2.05, 4.69) is 57.7 Å². The number of aromatic amines is 1. The zero-order valence-electron chi connectivity index (χ0n) is 17.8. The first-order valence-corrected chi connectivity index (χ1v) is 11.2. The molecule has 1 fully saturated rings. The van der Waals surface area contributed by atoms with Crippen LogP contribution in [0.3, 0.4) is 0 Å². The van der Waals surface area contributed by atoms with E-state index >= 15 is 0 Å². The van der Waals surface area contributed by atoms with Crippen molar-refractivity contribution in [3.63, 3.8) is 0 Å². The Morgan fingerprint density at radius 3 is 2.73 bits per heavy atom. The standard InChI is InChI=1S/C25H32N4O/c1-19(21-8-4-2-5-9-21)14-25(30)26-18-23(29-12-6-3-7-13-29)16-20-10-11-24-22(15-20)17-27-28-24/h2,4-5,8-11,15,17,19,23H,3,6-7,12-14,16,18H2,1H3,(H,26,30)(H,27,28). The van der Waals surface area contributed by atoms with Crippen molar-refractivity contribution in [3.8, 4) is 0 Å². The third-order valence-electron chi connectivity index (χ3n) is 6.28. The van der Waals surface area contributed by atoms with Crippen LogP contribution in [0.5, 0.6) is 0 Å². The van der Waals surface area contributed by atoms with Gasteiger partial charge in [-0.1, -0.05) is 49.7 Å². The minimum absolute atomic E-state index is 0.138. The highest BCUT2D eigenvalue weighted by Gasteiger charge is 2.22. The molecule has 1 aliphatic heterocycles. The molecule has 2 aromatic carbocycles. The molecule has 1 aliphatic rings. The molecule has 2 atom stereocenters. The smallest absolute Gasteiger partial charge is 0.220 e. The molecule has 0 saturated carbocycles. The first-order valence-electron chi connectivity index (χ1n) is 11.2. The number of carbonyl (C=O) groups is 1. The summed E-state index contributed by atoms with van der Waals surface area (Å²) in [7, 11) is 0. The van der Waals surface area contributed by atoms with Gasteiger partial charge in [0, 0.05) is 24.4 Å². The third kappa shape index (κ3) is 5.28. The van der Waals surface area contributed by atoms with Crippen LogP contribution in [0.2, 0.25) is 0 Å². The minimum Gasteiger partial charge on any atom is -0.355 e. The maximum absolute atomic E-state index is 12.7. The van der Waals surface area contributed by atoms with Crippen LogP contribution in [0.4, 0.5) is 0 Å². The van der Waals surface area contributed by atoms with E-state index in [1.54, 1.807) is 0 Å². The summed E-state index contributed by atoms with van der Waals surface area (Å²) < 4.78 is 0. The molecule has 158 valence electrons. The molecule has 1 saturated heterocycles. The summed E-state index contributed by atoms with van der Waals surface area (Å²) in [6.45, 7) is 5.06. The average Bonchev–Trinajstić information content (AvgIpc) is 3.25. The van der Waals surface area contributed by atoms with Crippen LogP contribution < -0.4 is 5.32 Å². The van der Waals surface area contributed by atoms with Crippen molar-refractivity contribution in [3.05, 3.63) is 65.9 Å². The number of H-pyrrole nitrogens is 1. The van der Waals surface area contributed by atoms with Crippen LogP contribution in [0.1, 0.15) is 49.7 Å². The van der Waals surface area contributed by atoms with Crippen LogP contribution in [-0.2, 0) is 11.2 Å². The fraction of sp³-hybridized carbons (Fsp3) is 0.440. The highest BCUT2D eigenvalue weighted by atomic mass is 16.1. The van der Waals surface area contributed by atoms with Gasteiger partial charge >= 0.3 is 0 Å². The van der Waals surface area contributed by atoms with Crippen molar-refractivity contribution in [2.75, 3.05) is 19.6 Å². The Labute approximate surface area is 178 Å². The first kappa shape index (κ1) is 20.6. The number of amides is 1. The molecule has 2 unspecified atom stereocenters. The molecule has 0 bridgehead atoms. The Morgan fingerprint density at radius 1 is 1.13 bits per heavy atom. The molecule has 2 N–H and O–H groups in total. The van der Waals surface area contributed by atoms with Gasteiger partial charge in [-0.05, 0) is 61.5 Å². The van der Waals surface area contributed by atoms with Gasteiger partial charge in [-0.2, -0.15) is 5.10 Å². The van der Waals surface area contributed by atoms with Gasteiger partial charge in [-0.15, -0.1) is 0 Å². The Kier molecular flexibility index (Phi) is 6.80. The van der Waals surface area contributed by atoms with Crippen molar-refractivity contribution in [2.24, 2.45) is 0 Å². The van der Waals surface area contributed by atoms with E-state index in [0.29, 0.717) is 19.0 Å². The van der Waals surface area contributed by atoms with Crippen molar-refractivity contribution in [2.45, 2.75) is 51.0 Å². The number of hydrogen-bond acceptors (Lipinski definition) is 3. The van der Waals surface area contributed by atoms with Crippen molar-refractivity contribution < 1.29 is 4.79 Å². The number of nitrogens with one attached hydrogen (secondary N) is 2. The summed E-state index contributed by atoms with van der Waals surface area (Å²) in [6.07, 6.45) is 7.15. The SMILES string of the molecule is CC(CC(=O)NCC(Cc1ccc2[nH]ncc2c1)N1CCCCC1)c1ccccc1. The molecule has 2 heterocycles. The van der Waals surface area contributed by atoms with Crippen molar-refractivity contribution in [1.29, 1.82) is 0 Å². The maximum atomic E-state index is 12.7. The second-order valence-corrected chi connectivity index (χ2v) is 8.57. The summed E-state index contributed by atoms with van der Waals surface area (Å²) in [5.74, 6) is 0.363. The fourth-order valence-electron chi connectivity index (χ4n) is 4.49. The third-order valence-corrected chi connectivity index (χ3v) is 6.28. The quantitative estimate of drug-likeness (QED) is 0.589. The number of aromatic nitrogens is 2. The Balaban J connectivity index is 1.38. The van der Waals surface area contributed by atoms with Gasteiger partial charge in [0.2, 0.25) is 5.91 Å². The molecule has 3 aromatic rings. The van der Waals surface area contributed by atoms with Gasteiger partial charge in [0.05, 0.1) is 11.7 Å². The van der Waals surface area contributed by atoms with Gasteiger partial charge < -0.3 is 5.32 Å². The summed E-state index contributed by atoms with van der Waals surface area (Å²) in [4.78, 5) is 15.2. The summed E-state index contributed by atoms with van der Waals surface area (Å²) >= 11 is 0. The van der Waals surface area contributed by atoms with Crippen LogP contribution in [0, 0.1) is 0 Å². The largest absolute Gasteiger partial charge is 0.355 e. The minimum atomic E-state index is 0.138. The van der Waals surface area contributed by atoms with E-state index in [4.69, 9.17) is 0 Å². The lowest BCUT2D eigenvalue weighted by Gasteiger charge is -2.35. The number of piperidine rings is 1. The lowest BCUT2D eigenvalue weighted by atomic mass is 9.97. The van der Waals surface area contributed by atoms with E-state index < -0.39 is 0 Å². The number of likely N-dealkylation sites (tertiary alicyclic amines) is 1. The van der Waals surface area contributed by atoms with Crippen LogP contribution in [0.15, 0.2) is 54.7 Å². The number of hydrogen-bond donors (Lipinski definition) is 2. The van der Waals surface area contributed by atoms with Gasteiger partial charge in [0.15, 0.2) is 0 Å². The second kappa shape index (κ2) is 9.90. The lowest BCUT2D eigenvalue weighted by Crippen LogP contribution is -2.47. The van der Waals surface area contributed by atoms with Crippen LogP contribution in [-0.4, -0.2) is 46.7 Å². The maximum Gasteiger partial charge on any atom is 0.220 e. The molecule has 4 rings (SSSR count). The second-order valence-electron chi connectivity index (χ2n) is 8.57. The monoisotopic (exact) mass is 404 g/mol. The zero-order valence-corrected chi connectivity index (χ0v) is 17.8. The molecule has 1 aromatic heterocycles. The van der Waals surface area contributed by atoms with Gasteiger partial charge in [0.25, 0.3) is 0 Å². The number of nitrogens with zero attached hydrogens (tertiary/aromatic N) is 2. The van der Waals surface area contributed by atoms with E-state index in [1.165, 1.54) is 30.4 Å². The van der Waals surface area contributed by atoms with Gasteiger partial charge in [-0.25, -0.2) is 0 Å². The molecule has 0 spiro atoms. The van der Waals surface area contributed by atoms with Crippen molar-refractivity contribution in [1.82, 2.24) is 20.4 Å².